The summed E-state index contributed by atoms with van der Waals surface area (Å²) in [4.78, 5) is 24.7. The Morgan fingerprint density at radius 3 is 2.08 bits per heavy atom. The molecule has 1 aliphatic rings. The number of unbranched alkanes of at least 4 members (excludes halogenated alkanes) is 9. The quantitative estimate of drug-likeness (QED) is 0.499. The zero-order chi connectivity index (χ0) is 17.4. The molecule has 0 unspecified atom stereocenters. The van der Waals surface area contributed by atoms with Crippen LogP contribution >= 0.6 is 0 Å². The third kappa shape index (κ3) is 4.74. The number of hydrogen-bond acceptors (Lipinski definition) is 3. The second-order valence-corrected chi connectivity index (χ2v) is 7.07. The van der Waals surface area contributed by atoms with Crippen LogP contribution in [0.3, 0.4) is 0 Å². The molecule has 0 amide bonds. The molecule has 0 saturated heterocycles. The molecule has 24 heavy (non-hydrogen) atoms. The van der Waals surface area contributed by atoms with E-state index < -0.39 is 0 Å². The van der Waals surface area contributed by atoms with Crippen molar-refractivity contribution in [2.24, 2.45) is 0 Å². The van der Waals surface area contributed by atoms with Crippen LogP contribution in [0.5, 0.6) is 0 Å². The molecule has 1 heterocycles. The molecule has 1 aromatic rings. The number of nitrogen functional groups attached to an aromatic ring is 1. The van der Waals surface area contributed by atoms with Gasteiger partial charge in [0.15, 0.2) is 0 Å². The van der Waals surface area contributed by atoms with Gasteiger partial charge in [0.05, 0.1) is 5.69 Å². The van der Waals surface area contributed by atoms with E-state index in [0.717, 1.165) is 43.4 Å². The largest absolute Gasteiger partial charge is 0.349 e. The van der Waals surface area contributed by atoms with Crippen LogP contribution < -0.4 is 17.1 Å². The van der Waals surface area contributed by atoms with Crippen molar-refractivity contribution in [3.05, 3.63) is 32.1 Å². The van der Waals surface area contributed by atoms with Crippen LogP contribution in [0.15, 0.2) is 9.59 Å². The van der Waals surface area contributed by atoms with Gasteiger partial charge in [-0.15, -0.1) is 0 Å². The Labute approximate surface area is 144 Å². The van der Waals surface area contributed by atoms with Gasteiger partial charge in [0.25, 0.3) is 5.56 Å². The summed E-state index contributed by atoms with van der Waals surface area (Å²) in [5, 5.41) is 0. The van der Waals surface area contributed by atoms with Crippen LogP contribution in [0.25, 0.3) is 0 Å². The molecule has 136 valence electrons. The molecule has 0 aromatic carbocycles. The second-order valence-electron chi connectivity index (χ2n) is 7.07. The highest BCUT2D eigenvalue weighted by molar-refractivity contribution is 5.23. The predicted molar refractivity (Wildman–Crippen MR) is 99.0 cm³/mol. The number of fused-ring (bicyclic) bond motifs is 1. The molecule has 5 heteroatoms. The fourth-order valence-corrected chi connectivity index (χ4v) is 3.67. The van der Waals surface area contributed by atoms with Crippen molar-refractivity contribution in [2.75, 3.05) is 5.84 Å². The smallest absolute Gasteiger partial charge is 0.335 e. The van der Waals surface area contributed by atoms with Crippen LogP contribution in [0, 0.1) is 0 Å². The molecule has 1 aliphatic carbocycles. The predicted octanol–water partition coefficient (Wildman–Crippen LogP) is 3.13. The summed E-state index contributed by atoms with van der Waals surface area (Å²) in [6, 6.07) is 0. The molecule has 0 aliphatic heterocycles. The summed E-state index contributed by atoms with van der Waals surface area (Å²) in [6.45, 7) is 2.74. The van der Waals surface area contributed by atoms with E-state index in [9.17, 15) is 9.59 Å². The third-order valence-corrected chi connectivity index (χ3v) is 5.16. The van der Waals surface area contributed by atoms with Crippen molar-refractivity contribution in [2.45, 2.75) is 96.9 Å². The third-order valence-electron chi connectivity index (χ3n) is 5.16. The van der Waals surface area contributed by atoms with Gasteiger partial charge in [0.1, 0.15) is 0 Å². The normalized spacial score (nSPS) is 13.4. The first kappa shape index (κ1) is 18.8. The van der Waals surface area contributed by atoms with Crippen LogP contribution in [0.4, 0.5) is 0 Å². The topological polar surface area (TPSA) is 70.0 Å². The molecule has 0 bridgehead atoms. The van der Waals surface area contributed by atoms with Gasteiger partial charge in [-0.05, 0) is 25.7 Å². The van der Waals surface area contributed by atoms with Gasteiger partial charge < -0.3 is 5.84 Å². The lowest BCUT2D eigenvalue weighted by Gasteiger charge is -2.11. The van der Waals surface area contributed by atoms with E-state index in [1.807, 2.05) is 0 Å². The van der Waals surface area contributed by atoms with Crippen molar-refractivity contribution in [3.8, 4) is 0 Å². The van der Waals surface area contributed by atoms with Crippen molar-refractivity contribution in [3.63, 3.8) is 0 Å². The van der Waals surface area contributed by atoms with Crippen molar-refractivity contribution < 1.29 is 0 Å². The van der Waals surface area contributed by atoms with E-state index in [1.54, 1.807) is 0 Å². The molecule has 1 aromatic heterocycles. The minimum atomic E-state index is -0.350. The fraction of sp³-hybridized carbons (Fsp3) is 0.789. The molecule has 0 radical (unpaired) electrons. The lowest BCUT2D eigenvalue weighted by molar-refractivity contribution is 0.511. The Hall–Kier alpha value is -1.52. The second kappa shape index (κ2) is 9.70. The summed E-state index contributed by atoms with van der Waals surface area (Å²) in [6.07, 6.45) is 14.8. The lowest BCUT2D eigenvalue weighted by atomic mass is 10.1. The number of nitrogens with zero attached hydrogens (tertiary/aromatic N) is 2. The van der Waals surface area contributed by atoms with Crippen LogP contribution in [0.1, 0.15) is 88.8 Å². The SMILES string of the molecule is CCCCCCCCCCCCn1c(=O)c2c(n(N)c1=O)CCC2. The van der Waals surface area contributed by atoms with Crippen molar-refractivity contribution >= 4 is 0 Å². The van der Waals surface area contributed by atoms with Gasteiger partial charge >= 0.3 is 5.69 Å². The number of hydrogen-bond donors (Lipinski definition) is 1. The molecule has 2 N–H and O–H groups in total. The molecular formula is C19H33N3O2. The van der Waals surface area contributed by atoms with Crippen molar-refractivity contribution in [1.29, 1.82) is 0 Å². The highest BCUT2D eigenvalue weighted by atomic mass is 16.2. The summed E-state index contributed by atoms with van der Waals surface area (Å²) >= 11 is 0. The minimum absolute atomic E-state index is 0.106. The van der Waals surface area contributed by atoms with Crippen LogP contribution in [0.2, 0.25) is 0 Å². The Bertz CT molecular complexity index is 631. The van der Waals surface area contributed by atoms with Gasteiger partial charge in [-0.2, -0.15) is 0 Å². The van der Waals surface area contributed by atoms with Gasteiger partial charge in [-0.1, -0.05) is 64.7 Å². The maximum Gasteiger partial charge on any atom is 0.349 e. The van der Waals surface area contributed by atoms with Gasteiger partial charge in [0.2, 0.25) is 0 Å². The molecule has 5 nitrogen and oxygen atoms in total. The zero-order valence-electron chi connectivity index (χ0n) is 15.2. The highest BCUT2D eigenvalue weighted by Gasteiger charge is 2.21. The molecule has 0 saturated carbocycles. The average Bonchev–Trinajstić information content (AvgIpc) is 3.07. The molecule has 0 fully saturated rings. The maximum atomic E-state index is 12.4. The summed E-state index contributed by atoms with van der Waals surface area (Å²) < 4.78 is 2.54. The maximum absolute atomic E-state index is 12.4. The average molecular weight is 335 g/mol. The van der Waals surface area contributed by atoms with Gasteiger partial charge in [-0.25, -0.2) is 9.47 Å². The zero-order valence-corrected chi connectivity index (χ0v) is 15.2. The fourth-order valence-electron chi connectivity index (χ4n) is 3.67. The first-order valence-electron chi connectivity index (χ1n) is 9.79. The number of aromatic nitrogens is 2. The monoisotopic (exact) mass is 335 g/mol. The van der Waals surface area contributed by atoms with Crippen LogP contribution in [-0.4, -0.2) is 9.24 Å². The van der Waals surface area contributed by atoms with E-state index in [-0.39, 0.29) is 11.2 Å². The molecule has 0 spiro atoms. The lowest BCUT2D eigenvalue weighted by Crippen LogP contribution is -2.45. The Balaban J connectivity index is 1.71. The van der Waals surface area contributed by atoms with E-state index in [2.05, 4.69) is 6.92 Å². The Kier molecular flexibility index (Phi) is 7.60. The Morgan fingerprint density at radius 1 is 0.875 bits per heavy atom. The molecular weight excluding hydrogens is 302 g/mol. The summed E-state index contributed by atoms with van der Waals surface area (Å²) in [5.41, 5.74) is 1.04. The first-order chi connectivity index (χ1) is 11.7. The van der Waals surface area contributed by atoms with Crippen molar-refractivity contribution in [1.82, 2.24) is 9.24 Å². The first-order valence-corrected chi connectivity index (χ1v) is 9.79. The van der Waals surface area contributed by atoms with Gasteiger partial charge in [0, 0.05) is 12.1 Å². The van der Waals surface area contributed by atoms with Crippen LogP contribution in [-0.2, 0) is 19.4 Å². The molecule has 0 atom stereocenters. The van der Waals surface area contributed by atoms with E-state index >= 15 is 0 Å². The summed E-state index contributed by atoms with van der Waals surface area (Å²) in [5.74, 6) is 5.87. The molecule has 2 rings (SSSR count). The number of nitrogens with two attached hydrogens (primary N) is 1. The van der Waals surface area contributed by atoms with E-state index in [0.29, 0.717) is 6.54 Å². The van der Waals surface area contributed by atoms with Gasteiger partial charge in [-0.3, -0.25) is 9.36 Å². The Morgan fingerprint density at radius 2 is 1.46 bits per heavy atom. The summed E-state index contributed by atoms with van der Waals surface area (Å²) in [7, 11) is 0. The standard InChI is InChI=1S/C19H33N3O2/c1-2-3-4-5-6-7-8-9-10-11-15-21-18(23)16-13-12-14-17(16)22(20)19(21)24/h2-15,20H2,1H3. The minimum Gasteiger partial charge on any atom is -0.335 e. The van der Waals surface area contributed by atoms with E-state index in [1.165, 1.54) is 60.6 Å². The highest BCUT2D eigenvalue weighted by Crippen LogP contribution is 2.15. The van der Waals surface area contributed by atoms with E-state index in [4.69, 9.17) is 5.84 Å². The number of rotatable bonds is 11.